The molecule has 2 aromatic heterocycles. The van der Waals surface area contributed by atoms with Crippen molar-refractivity contribution in [2.75, 3.05) is 32.5 Å². The highest BCUT2D eigenvalue weighted by atomic mass is 32.2. The number of ether oxygens (including phenoxy) is 1. The number of nitrogens with one attached hydrogen (secondary N) is 1. The predicted octanol–water partition coefficient (Wildman–Crippen LogP) is 4.05. The van der Waals surface area contributed by atoms with E-state index in [0.29, 0.717) is 37.4 Å². The maximum Gasteiger partial charge on any atom is 0.410 e. The van der Waals surface area contributed by atoms with E-state index < -0.39 is 21.2 Å². The number of nitrogens with zero attached hydrogens (tertiary/aromatic N) is 5. The maximum atomic E-state index is 12.7. The van der Waals surface area contributed by atoms with E-state index >= 15 is 0 Å². The second kappa shape index (κ2) is 10.6. The van der Waals surface area contributed by atoms with Crippen molar-refractivity contribution in [2.24, 2.45) is 0 Å². The molecule has 0 saturated carbocycles. The first kappa shape index (κ1) is 28.5. The van der Waals surface area contributed by atoms with E-state index in [1.807, 2.05) is 38.4 Å². The van der Waals surface area contributed by atoms with Crippen LogP contribution < -0.4 is 5.32 Å². The average Bonchev–Trinajstić information content (AvgIpc) is 3.24. The molecule has 0 atom stereocenters. The second-order valence-corrected chi connectivity index (χ2v) is 13.2. The molecule has 1 N–H and O–H groups in total. The third kappa shape index (κ3) is 5.76. The molecule has 1 aliphatic heterocycles. The fraction of sp³-hybridized carbons (Fsp3) is 0.481. The van der Waals surface area contributed by atoms with Gasteiger partial charge in [-0.3, -0.25) is 9.67 Å². The van der Waals surface area contributed by atoms with Crippen molar-refractivity contribution in [2.45, 2.75) is 63.0 Å². The number of sulfonamides is 1. The summed E-state index contributed by atoms with van der Waals surface area (Å²) in [4.78, 5) is 30.9. The molecular weight excluding hydrogens is 520 g/mol. The van der Waals surface area contributed by atoms with Gasteiger partial charge in [-0.1, -0.05) is 0 Å². The number of benzene rings is 1. The zero-order valence-corrected chi connectivity index (χ0v) is 24.1. The molecule has 39 heavy (non-hydrogen) atoms. The zero-order chi connectivity index (χ0) is 28.6. The van der Waals surface area contributed by atoms with Crippen LogP contribution in [0, 0.1) is 6.92 Å². The lowest BCUT2D eigenvalue weighted by molar-refractivity contribution is -0.110. The monoisotopic (exact) mass is 556 g/mol. The summed E-state index contributed by atoms with van der Waals surface area (Å²) in [5.41, 5.74) is 1.03. The van der Waals surface area contributed by atoms with E-state index in [1.54, 1.807) is 35.4 Å². The Hall–Kier alpha value is -3.51. The van der Waals surface area contributed by atoms with Crippen LogP contribution in [0.1, 0.15) is 45.7 Å². The largest absolute Gasteiger partial charge is 0.444 e. The number of carbonyl (C=O) groups excluding carboxylic acids is 2. The molecule has 1 aromatic carbocycles. The third-order valence-electron chi connectivity index (χ3n) is 6.94. The standard InChI is InChI=1S/C27H36N6O5S/c1-19-23-22(11-15-28-19)33(27(14-18-34)12-16-32(17-13-27)25(35)38-26(2,3)4)30-24(23)29-20-7-9-21(10-8-20)39(36,37)31(5)6/h7-11,15,18H,12-14,16-17H2,1-6H3,(H,29,30). The fourth-order valence-electron chi connectivity index (χ4n) is 4.82. The normalized spacial score (nSPS) is 15.9. The first-order chi connectivity index (χ1) is 18.3. The van der Waals surface area contributed by atoms with Crippen molar-refractivity contribution in [3.8, 4) is 0 Å². The first-order valence-corrected chi connectivity index (χ1v) is 14.3. The van der Waals surface area contributed by atoms with E-state index in [9.17, 15) is 18.0 Å². The number of aldehydes is 1. The van der Waals surface area contributed by atoms with Crippen molar-refractivity contribution in [3.63, 3.8) is 0 Å². The van der Waals surface area contributed by atoms with Gasteiger partial charge in [-0.2, -0.15) is 5.10 Å². The van der Waals surface area contributed by atoms with Crippen LogP contribution >= 0.6 is 0 Å². The average molecular weight is 557 g/mol. The molecule has 0 unspecified atom stereocenters. The lowest BCUT2D eigenvalue weighted by Crippen LogP contribution is -2.49. The van der Waals surface area contributed by atoms with Crippen LogP contribution in [0.2, 0.25) is 0 Å². The smallest absolute Gasteiger partial charge is 0.410 e. The molecule has 1 fully saturated rings. The van der Waals surface area contributed by atoms with E-state index in [1.165, 1.54) is 18.4 Å². The highest BCUT2D eigenvalue weighted by molar-refractivity contribution is 7.89. The molecule has 11 nitrogen and oxygen atoms in total. The third-order valence-corrected chi connectivity index (χ3v) is 8.77. The Labute approximate surface area is 229 Å². The Morgan fingerprint density at radius 2 is 1.79 bits per heavy atom. The quantitative estimate of drug-likeness (QED) is 0.432. The van der Waals surface area contributed by atoms with Crippen molar-refractivity contribution in [3.05, 3.63) is 42.2 Å². The van der Waals surface area contributed by atoms with Crippen molar-refractivity contribution < 1.29 is 22.7 Å². The number of hydrogen-bond acceptors (Lipinski definition) is 8. The van der Waals surface area contributed by atoms with Crippen LogP contribution in [0.5, 0.6) is 0 Å². The predicted molar refractivity (Wildman–Crippen MR) is 149 cm³/mol. The number of pyridine rings is 1. The Kier molecular flexibility index (Phi) is 7.72. The van der Waals surface area contributed by atoms with Gasteiger partial charge in [-0.15, -0.1) is 0 Å². The molecule has 0 bridgehead atoms. The summed E-state index contributed by atoms with van der Waals surface area (Å²) < 4.78 is 33.5. The zero-order valence-electron chi connectivity index (χ0n) is 23.3. The molecule has 3 aromatic rings. The highest BCUT2D eigenvalue weighted by Gasteiger charge is 2.40. The molecule has 3 heterocycles. The lowest BCUT2D eigenvalue weighted by Gasteiger charge is -2.41. The van der Waals surface area contributed by atoms with Gasteiger partial charge in [0.15, 0.2) is 5.82 Å². The van der Waals surface area contributed by atoms with Gasteiger partial charge < -0.3 is 19.7 Å². The summed E-state index contributed by atoms with van der Waals surface area (Å²) in [7, 11) is -0.569. The van der Waals surface area contributed by atoms with Gasteiger partial charge in [0, 0.05) is 45.5 Å². The van der Waals surface area contributed by atoms with E-state index in [-0.39, 0.29) is 17.4 Å². The molecule has 0 aliphatic carbocycles. The number of rotatable bonds is 7. The Morgan fingerprint density at radius 1 is 1.15 bits per heavy atom. The SMILES string of the molecule is Cc1nccc2c1c(Nc1ccc(S(=O)(=O)N(C)C)cc1)nn2C1(CC=O)CCN(C(=O)OC(C)(C)C)CC1. The van der Waals surface area contributed by atoms with Crippen LogP contribution in [-0.2, 0) is 25.1 Å². The molecule has 210 valence electrons. The van der Waals surface area contributed by atoms with Gasteiger partial charge in [0.25, 0.3) is 0 Å². The van der Waals surface area contributed by atoms with E-state index in [0.717, 1.165) is 22.9 Å². The van der Waals surface area contributed by atoms with Crippen LogP contribution in [0.25, 0.3) is 10.9 Å². The summed E-state index contributed by atoms with van der Waals surface area (Å²) in [6.45, 7) is 8.25. The van der Waals surface area contributed by atoms with E-state index in [4.69, 9.17) is 9.84 Å². The topological polar surface area (TPSA) is 127 Å². The summed E-state index contributed by atoms with van der Waals surface area (Å²) in [5, 5.41) is 9.06. The Balaban J connectivity index is 1.68. The number of carbonyl (C=O) groups is 2. The van der Waals surface area contributed by atoms with Gasteiger partial charge in [-0.25, -0.2) is 17.5 Å². The summed E-state index contributed by atoms with van der Waals surface area (Å²) in [6, 6.07) is 8.34. The minimum absolute atomic E-state index is 0.188. The van der Waals surface area contributed by atoms with Gasteiger partial charge in [0.05, 0.1) is 27.0 Å². The highest BCUT2D eigenvalue weighted by Crippen LogP contribution is 2.39. The van der Waals surface area contributed by atoms with Crippen molar-refractivity contribution in [1.82, 2.24) is 24.0 Å². The first-order valence-electron chi connectivity index (χ1n) is 12.8. The lowest BCUT2D eigenvalue weighted by atomic mass is 9.84. The number of aromatic nitrogens is 3. The molecule has 4 rings (SSSR count). The summed E-state index contributed by atoms with van der Waals surface area (Å²) >= 11 is 0. The minimum atomic E-state index is -3.55. The summed E-state index contributed by atoms with van der Waals surface area (Å²) in [6.07, 6.45) is 3.55. The van der Waals surface area contributed by atoms with Crippen LogP contribution in [0.15, 0.2) is 41.4 Å². The Bertz CT molecular complexity index is 1470. The number of likely N-dealkylation sites (tertiary alicyclic amines) is 1. The van der Waals surface area contributed by atoms with Crippen LogP contribution in [-0.4, -0.2) is 77.6 Å². The van der Waals surface area contributed by atoms with Crippen molar-refractivity contribution in [1.29, 1.82) is 0 Å². The van der Waals surface area contributed by atoms with Crippen molar-refractivity contribution >= 4 is 44.8 Å². The Morgan fingerprint density at radius 3 is 2.36 bits per heavy atom. The second-order valence-electron chi connectivity index (χ2n) is 11.1. The maximum absolute atomic E-state index is 12.7. The van der Waals surface area contributed by atoms with Crippen LogP contribution in [0.3, 0.4) is 0 Å². The molecule has 0 spiro atoms. The molecule has 1 aliphatic rings. The van der Waals surface area contributed by atoms with Gasteiger partial charge in [-0.05, 0) is 70.9 Å². The van der Waals surface area contributed by atoms with Gasteiger partial charge in [0.1, 0.15) is 11.9 Å². The van der Waals surface area contributed by atoms with Crippen LogP contribution in [0.4, 0.5) is 16.3 Å². The fourth-order valence-corrected chi connectivity index (χ4v) is 5.72. The molecule has 12 heteroatoms. The number of anilines is 2. The molecule has 1 saturated heterocycles. The van der Waals surface area contributed by atoms with E-state index in [2.05, 4.69) is 10.3 Å². The number of amides is 1. The number of hydrogen-bond donors (Lipinski definition) is 1. The number of piperidine rings is 1. The molecule has 0 radical (unpaired) electrons. The number of fused-ring (bicyclic) bond motifs is 1. The molecular formula is C27H36N6O5S. The van der Waals surface area contributed by atoms with Gasteiger partial charge in [0.2, 0.25) is 10.0 Å². The number of aryl methyl sites for hydroxylation is 1. The summed E-state index contributed by atoms with van der Waals surface area (Å²) in [5.74, 6) is 0.554. The van der Waals surface area contributed by atoms with Gasteiger partial charge >= 0.3 is 6.09 Å². The minimum Gasteiger partial charge on any atom is -0.444 e. The molecule has 1 amide bonds.